The molecule has 1 aromatic carbocycles. The highest BCUT2D eigenvalue weighted by molar-refractivity contribution is 5.80. The predicted octanol–water partition coefficient (Wildman–Crippen LogP) is 0.495. The van der Waals surface area contributed by atoms with E-state index in [1.165, 1.54) is 11.3 Å². The van der Waals surface area contributed by atoms with Crippen LogP contribution >= 0.6 is 0 Å². The van der Waals surface area contributed by atoms with Crippen molar-refractivity contribution in [1.82, 2.24) is 10.3 Å². The zero-order valence-electron chi connectivity index (χ0n) is 11.6. The fourth-order valence-corrected chi connectivity index (χ4v) is 2.48. The highest BCUT2D eigenvalue weighted by Crippen LogP contribution is 2.18. The number of nitrogens with zero attached hydrogens (tertiary/aromatic N) is 2. The number of nitrogens with one attached hydrogen (secondary N) is 1. The summed E-state index contributed by atoms with van der Waals surface area (Å²) in [6.07, 6.45) is 0. The highest BCUT2D eigenvalue weighted by atomic mass is 16.2. The van der Waals surface area contributed by atoms with E-state index in [9.17, 15) is 4.79 Å². The molecule has 1 aliphatic heterocycles. The van der Waals surface area contributed by atoms with Gasteiger partial charge < -0.3 is 4.90 Å². The maximum absolute atomic E-state index is 11.5. The summed E-state index contributed by atoms with van der Waals surface area (Å²) in [6, 6.07) is 8.36. The van der Waals surface area contributed by atoms with Crippen LogP contribution in [0.1, 0.15) is 12.5 Å². The van der Waals surface area contributed by atoms with Crippen LogP contribution in [0.2, 0.25) is 0 Å². The number of hydrazine groups is 1. The van der Waals surface area contributed by atoms with Gasteiger partial charge in [-0.3, -0.25) is 15.1 Å². The molecule has 0 saturated carbocycles. The third kappa shape index (κ3) is 3.24. The van der Waals surface area contributed by atoms with Gasteiger partial charge in [0.15, 0.2) is 0 Å². The van der Waals surface area contributed by atoms with E-state index >= 15 is 0 Å². The Kier molecular flexibility index (Phi) is 4.39. The second-order valence-electron chi connectivity index (χ2n) is 5.05. The van der Waals surface area contributed by atoms with Gasteiger partial charge in [0, 0.05) is 31.9 Å². The molecule has 1 unspecified atom stereocenters. The SMILES string of the molecule is Cc1cccc(N2CCN(C(C)C(=O)NN)CC2)c1. The quantitative estimate of drug-likeness (QED) is 0.473. The van der Waals surface area contributed by atoms with Crippen LogP contribution < -0.4 is 16.2 Å². The van der Waals surface area contributed by atoms with Crippen molar-refractivity contribution in [3.05, 3.63) is 29.8 Å². The van der Waals surface area contributed by atoms with Crippen molar-refractivity contribution in [2.24, 2.45) is 5.84 Å². The maximum atomic E-state index is 11.5. The minimum Gasteiger partial charge on any atom is -0.369 e. The Bertz CT molecular complexity index is 441. The number of amides is 1. The number of nitrogens with two attached hydrogens (primary N) is 1. The first-order chi connectivity index (χ1) is 9.11. The summed E-state index contributed by atoms with van der Waals surface area (Å²) in [5, 5.41) is 0. The fourth-order valence-electron chi connectivity index (χ4n) is 2.48. The number of benzene rings is 1. The van der Waals surface area contributed by atoms with Gasteiger partial charge in [0.25, 0.3) is 5.91 Å². The monoisotopic (exact) mass is 262 g/mol. The van der Waals surface area contributed by atoms with Crippen LogP contribution in [0.5, 0.6) is 0 Å². The third-order valence-electron chi connectivity index (χ3n) is 3.75. The van der Waals surface area contributed by atoms with E-state index in [0.717, 1.165) is 26.2 Å². The molecule has 1 saturated heterocycles. The van der Waals surface area contributed by atoms with Gasteiger partial charge in [0.05, 0.1) is 6.04 Å². The number of aryl methyl sites for hydroxylation is 1. The molecule has 0 radical (unpaired) electrons. The Morgan fingerprint density at radius 2 is 2.00 bits per heavy atom. The van der Waals surface area contributed by atoms with Crippen molar-refractivity contribution >= 4 is 11.6 Å². The second-order valence-corrected chi connectivity index (χ2v) is 5.05. The van der Waals surface area contributed by atoms with Crippen molar-refractivity contribution in [2.45, 2.75) is 19.9 Å². The van der Waals surface area contributed by atoms with Gasteiger partial charge in [-0.25, -0.2) is 5.84 Å². The number of carbonyl (C=O) groups is 1. The molecular weight excluding hydrogens is 240 g/mol. The zero-order valence-corrected chi connectivity index (χ0v) is 11.6. The van der Waals surface area contributed by atoms with Crippen molar-refractivity contribution in [3.63, 3.8) is 0 Å². The molecule has 0 aromatic heterocycles. The lowest BCUT2D eigenvalue weighted by molar-refractivity contribution is -0.126. The topological polar surface area (TPSA) is 61.6 Å². The zero-order chi connectivity index (χ0) is 13.8. The van der Waals surface area contributed by atoms with Gasteiger partial charge in [-0.05, 0) is 31.5 Å². The molecule has 19 heavy (non-hydrogen) atoms. The van der Waals surface area contributed by atoms with Crippen molar-refractivity contribution in [2.75, 3.05) is 31.1 Å². The van der Waals surface area contributed by atoms with Gasteiger partial charge >= 0.3 is 0 Å². The molecule has 5 nitrogen and oxygen atoms in total. The molecule has 1 atom stereocenters. The van der Waals surface area contributed by atoms with Gasteiger partial charge in [0.1, 0.15) is 0 Å². The Morgan fingerprint density at radius 3 is 2.58 bits per heavy atom. The van der Waals surface area contributed by atoms with Crippen LogP contribution in [0.4, 0.5) is 5.69 Å². The van der Waals surface area contributed by atoms with Crippen LogP contribution in [0.15, 0.2) is 24.3 Å². The average Bonchev–Trinajstić information content (AvgIpc) is 2.46. The first-order valence-corrected chi connectivity index (χ1v) is 6.68. The maximum Gasteiger partial charge on any atom is 0.250 e. The lowest BCUT2D eigenvalue weighted by Gasteiger charge is -2.38. The molecule has 1 amide bonds. The fraction of sp³-hybridized carbons (Fsp3) is 0.500. The standard InChI is InChI=1S/C14H22N4O/c1-11-4-3-5-13(10-11)18-8-6-17(7-9-18)12(2)14(19)16-15/h3-5,10,12H,6-9,15H2,1-2H3,(H,16,19). The molecule has 2 rings (SSSR count). The number of rotatable bonds is 3. The lowest BCUT2D eigenvalue weighted by Crippen LogP contribution is -2.54. The van der Waals surface area contributed by atoms with Crippen LogP contribution in [0, 0.1) is 6.92 Å². The molecule has 1 fully saturated rings. The van der Waals surface area contributed by atoms with Crippen molar-refractivity contribution in [3.8, 4) is 0 Å². The summed E-state index contributed by atoms with van der Waals surface area (Å²) in [7, 11) is 0. The van der Waals surface area contributed by atoms with Crippen molar-refractivity contribution < 1.29 is 4.79 Å². The molecule has 0 spiro atoms. The number of anilines is 1. The van der Waals surface area contributed by atoms with Crippen LogP contribution in [-0.4, -0.2) is 43.0 Å². The summed E-state index contributed by atoms with van der Waals surface area (Å²) in [4.78, 5) is 16.0. The minimum atomic E-state index is -0.162. The molecule has 1 aliphatic rings. The van der Waals surface area contributed by atoms with Crippen LogP contribution in [0.25, 0.3) is 0 Å². The van der Waals surface area contributed by atoms with E-state index in [4.69, 9.17) is 5.84 Å². The number of piperazine rings is 1. The van der Waals surface area contributed by atoms with Gasteiger partial charge in [-0.1, -0.05) is 12.1 Å². The van der Waals surface area contributed by atoms with Crippen LogP contribution in [-0.2, 0) is 4.79 Å². The predicted molar refractivity (Wildman–Crippen MR) is 76.8 cm³/mol. The normalized spacial score (nSPS) is 18.2. The van der Waals surface area contributed by atoms with E-state index in [2.05, 4.69) is 46.4 Å². The van der Waals surface area contributed by atoms with E-state index in [0.29, 0.717) is 0 Å². The first-order valence-electron chi connectivity index (χ1n) is 6.68. The summed E-state index contributed by atoms with van der Waals surface area (Å²) in [5.41, 5.74) is 4.75. The summed E-state index contributed by atoms with van der Waals surface area (Å²) in [5.74, 6) is 5.06. The van der Waals surface area contributed by atoms with E-state index < -0.39 is 0 Å². The second kappa shape index (κ2) is 6.04. The van der Waals surface area contributed by atoms with Gasteiger partial charge in [-0.15, -0.1) is 0 Å². The van der Waals surface area contributed by atoms with E-state index in [1.54, 1.807) is 0 Å². The molecule has 5 heteroatoms. The van der Waals surface area contributed by atoms with Crippen molar-refractivity contribution in [1.29, 1.82) is 0 Å². The first kappa shape index (κ1) is 13.8. The van der Waals surface area contributed by atoms with E-state index in [1.807, 2.05) is 6.92 Å². The Morgan fingerprint density at radius 1 is 1.32 bits per heavy atom. The molecular formula is C14H22N4O. The number of hydrogen-bond acceptors (Lipinski definition) is 4. The average molecular weight is 262 g/mol. The number of carbonyl (C=O) groups excluding carboxylic acids is 1. The third-order valence-corrected chi connectivity index (χ3v) is 3.75. The van der Waals surface area contributed by atoms with Crippen LogP contribution in [0.3, 0.4) is 0 Å². The van der Waals surface area contributed by atoms with E-state index in [-0.39, 0.29) is 11.9 Å². The molecule has 0 aliphatic carbocycles. The number of hydrogen-bond donors (Lipinski definition) is 2. The molecule has 0 bridgehead atoms. The van der Waals surface area contributed by atoms with Gasteiger partial charge in [0.2, 0.25) is 0 Å². The van der Waals surface area contributed by atoms with Gasteiger partial charge in [-0.2, -0.15) is 0 Å². The Hall–Kier alpha value is -1.59. The largest absolute Gasteiger partial charge is 0.369 e. The molecule has 1 aromatic rings. The summed E-state index contributed by atoms with van der Waals surface area (Å²) < 4.78 is 0. The summed E-state index contributed by atoms with van der Waals surface area (Å²) in [6.45, 7) is 7.63. The molecule has 104 valence electrons. The smallest absolute Gasteiger partial charge is 0.250 e. The summed E-state index contributed by atoms with van der Waals surface area (Å²) >= 11 is 0. The Labute approximate surface area is 114 Å². The lowest BCUT2D eigenvalue weighted by atomic mass is 10.1. The minimum absolute atomic E-state index is 0.121. The Balaban J connectivity index is 1.94. The highest BCUT2D eigenvalue weighted by Gasteiger charge is 2.25. The molecule has 3 N–H and O–H groups in total. The molecule has 1 heterocycles.